The zero-order valence-electron chi connectivity index (χ0n) is 11.8. The number of hydrogen-bond donors (Lipinski definition) is 1. The van der Waals surface area contributed by atoms with Crippen LogP contribution < -0.4 is 5.32 Å². The van der Waals surface area contributed by atoms with Gasteiger partial charge in [-0.25, -0.2) is 4.39 Å². The zero-order valence-corrected chi connectivity index (χ0v) is 12.6. The second kappa shape index (κ2) is 6.06. The molecule has 1 heterocycles. The highest BCUT2D eigenvalue weighted by Gasteiger charge is 2.22. The number of nitrogens with one attached hydrogen (secondary N) is 1. The number of thiophene rings is 1. The number of hydrogen-bond acceptors (Lipinski definition) is 2. The van der Waals surface area contributed by atoms with Gasteiger partial charge in [-0.1, -0.05) is 25.1 Å². The molecular formula is C17H20FNS. The Morgan fingerprint density at radius 1 is 1.30 bits per heavy atom. The molecule has 106 valence electrons. The molecule has 0 radical (unpaired) electrons. The maximum Gasteiger partial charge on any atom is 0.128 e. The highest BCUT2D eigenvalue weighted by molar-refractivity contribution is 7.12. The first-order chi connectivity index (χ1) is 9.79. The molecule has 20 heavy (non-hydrogen) atoms. The number of rotatable bonds is 5. The second-order valence-electron chi connectivity index (χ2n) is 5.36. The van der Waals surface area contributed by atoms with Crippen LogP contribution >= 0.6 is 11.3 Å². The normalized spacial score (nSPS) is 15.3. The Labute approximate surface area is 123 Å². The van der Waals surface area contributed by atoms with Crippen molar-refractivity contribution in [3.63, 3.8) is 0 Å². The number of benzene rings is 1. The summed E-state index contributed by atoms with van der Waals surface area (Å²) in [6, 6.07) is 9.40. The standard InChI is InChI=1S/C17H20FNS/c1-2-10-19-17(13-7-3-4-8-14(13)18)16-11-12-6-5-9-15(12)20-16/h3-4,7-8,11,17,19H,2,5-6,9-10H2,1H3. The van der Waals surface area contributed by atoms with Crippen molar-refractivity contribution < 1.29 is 4.39 Å². The average Bonchev–Trinajstić information content (AvgIpc) is 3.02. The van der Waals surface area contributed by atoms with Gasteiger partial charge in [0, 0.05) is 15.3 Å². The fourth-order valence-corrected chi connectivity index (χ4v) is 4.21. The van der Waals surface area contributed by atoms with Gasteiger partial charge < -0.3 is 5.32 Å². The van der Waals surface area contributed by atoms with Gasteiger partial charge in [0.2, 0.25) is 0 Å². The van der Waals surface area contributed by atoms with Crippen LogP contribution in [-0.2, 0) is 12.8 Å². The van der Waals surface area contributed by atoms with Gasteiger partial charge in [-0.2, -0.15) is 0 Å². The molecule has 0 fully saturated rings. The number of aryl methyl sites for hydroxylation is 2. The average molecular weight is 289 g/mol. The van der Waals surface area contributed by atoms with E-state index in [4.69, 9.17) is 0 Å². The Morgan fingerprint density at radius 3 is 2.90 bits per heavy atom. The van der Waals surface area contributed by atoms with E-state index in [-0.39, 0.29) is 11.9 Å². The molecule has 3 heteroatoms. The third-order valence-corrected chi connectivity index (χ3v) is 5.17. The van der Waals surface area contributed by atoms with E-state index in [0.29, 0.717) is 0 Å². The van der Waals surface area contributed by atoms with Crippen LogP contribution in [0.3, 0.4) is 0 Å². The highest BCUT2D eigenvalue weighted by Crippen LogP contribution is 2.36. The van der Waals surface area contributed by atoms with E-state index in [1.807, 2.05) is 23.5 Å². The molecule has 0 spiro atoms. The van der Waals surface area contributed by atoms with Crippen LogP contribution in [0.15, 0.2) is 30.3 Å². The quantitative estimate of drug-likeness (QED) is 0.856. The van der Waals surface area contributed by atoms with Gasteiger partial charge in [0.15, 0.2) is 0 Å². The lowest BCUT2D eigenvalue weighted by Gasteiger charge is -2.18. The van der Waals surface area contributed by atoms with Crippen molar-refractivity contribution in [1.29, 1.82) is 0 Å². The molecule has 2 aromatic rings. The van der Waals surface area contributed by atoms with Crippen molar-refractivity contribution >= 4 is 11.3 Å². The van der Waals surface area contributed by atoms with Crippen LogP contribution in [0.1, 0.15) is 46.7 Å². The summed E-state index contributed by atoms with van der Waals surface area (Å²) in [5.74, 6) is -0.116. The SMILES string of the molecule is CCCNC(c1cc2c(s1)CCC2)c1ccccc1F. The molecule has 0 saturated carbocycles. The molecule has 1 atom stereocenters. The predicted octanol–water partition coefficient (Wildman–Crippen LogP) is 4.46. The van der Waals surface area contributed by atoms with Gasteiger partial charge in [0.25, 0.3) is 0 Å². The Kier molecular flexibility index (Phi) is 4.18. The molecule has 1 aliphatic rings. The van der Waals surface area contributed by atoms with Crippen molar-refractivity contribution in [3.8, 4) is 0 Å². The molecule has 1 nitrogen and oxygen atoms in total. The summed E-state index contributed by atoms with van der Waals surface area (Å²) in [5, 5.41) is 3.50. The summed E-state index contributed by atoms with van der Waals surface area (Å²) in [5.41, 5.74) is 2.24. The van der Waals surface area contributed by atoms with E-state index in [9.17, 15) is 4.39 Å². The first kappa shape index (κ1) is 13.8. The second-order valence-corrected chi connectivity index (χ2v) is 6.53. The van der Waals surface area contributed by atoms with Gasteiger partial charge in [0.1, 0.15) is 5.82 Å². The Balaban J connectivity index is 1.95. The molecule has 1 aromatic carbocycles. The Bertz CT molecular complexity index is 569. The Hall–Kier alpha value is -1.19. The summed E-state index contributed by atoms with van der Waals surface area (Å²) in [4.78, 5) is 2.76. The molecule has 0 bridgehead atoms. The van der Waals surface area contributed by atoms with E-state index in [1.54, 1.807) is 12.1 Å². The predicted molar refractivity (Wildman–Crippen MR) is 82.9 cm³/mol. The van der Waals surface area contributed by atoms with Crippen LogP contribution in [0.4, 0.5) is 4.39 Å². The van der Waals surface area contributed by atoms with Crippen LogP contribution in [0, 0.1) is 5.82 Å². The van der Waals surface area contributed by atoms with Crippen molar-refractivity contribution in [2.24, 2.45) is 0 Å². The summed E-state index contributed by atoms with van der Waals surface area (Å²) in [6.45, 7) is 3.04. The topological polar surface area (TPSA) is 12.0 Å². The van der Waals surface area contributed by atoms with Gasteiger partial charge in [-0.3, -0.25) is 0 Å². The van der Waals surface area contributed by atoms with E-state index >= 15 is 0 Å². The molecule has 0 amide bonds. The monoisotopic (exact) mass is 289 g/mol. The molecule has 3 rings (SSSR count). The molecule has 0 aliphatic heterocycles. The minimum atomic E-state index is -0.116. The molecule has 1 unspecified atom stereocenters. The van der Waals surface area contributed by atoms with Gasteiger partial charge >= 0.3 is 0 Å². The molecule has 1 N–H and O–H groups in total. The third kappa shape index (κ3) is 2.65. The highest BCUT2D eigenvalue weighted by atomic mass is 32.1. The number of halogens is 1. The first-order valence-electron chi connectivity index (χ1n) is 7.39. The van der Waals surface area contributed by atoms with Crippen LogP contribution in [0.5, 0.6) is 0 Å². The van der Waals surface area contributed by atoms with Gasteiger partial charge in [-0.05, 0) is 49.9 Å². The number of fused-ring (bicyclic) bond motifs is 1. The summed E-state index contributed by atoms with van der Waals surface area (Å²) in [6.07, 6.45) is 4.70. The van der Waals surface area contributed by atoms with E-state index in [1.165, 1.54) is 34.6 Å². The molecular weight excluding hydrogens is 269 g/mol. The van der Waals surface area contributed by atoms with Crippen molar-refractivity contribution in [2.75, 3.05) is 6.54 Å². The largest absolute Gasteiger partial charge is 0.306 e. The van der Waals surface area contributed by atoms with E-state index in [2.05, 4.69) is 18.3 Å². The van der Waals surface area contributed by atoms with Crippen molar-refractivity contribution in [1.82, 2.24) is 5.32 Å². The minimum Gasteiger partial charge on any atom is -0.306 e. The van der Waals surface area contributed by atoms with Crippen LogP contribution in [-0.4, -0.2) is 6.54 Å². The Morgan fingerprint density at radius 2 is 2.15 bits per heavy atom. The lowest BCUT2D eigenvalue weighted by atomic mass is 10.0. The van der Waals surface area contributed by atoms with E-state index in [0.717, 1.165) is 18.5 Å². The molecule has 1 aromatic heterocycles. The maximum atomic E-state index is 14.1. The van der Waals surface area contributed by atoms with Crippen molar-refractivity contribution in [3.05, 3.63) is 57.0 Å². The third-order valence-electron chi connectivity index (χ3n) is 3.86. The maximum absolute atomic E-state index is 14.1. The lowest BCUT2D eigenvalue weighted by Crippen LogP contribution is -2.23. The minimum absolute atomic E-state index is 0.00764. The molecule has 0 saturated heterocycles. The lowest BCUT2D eigenvalue weighted by molar-refractivity contribution is 0.551. The molecule has 1 aliphatic carbocycles. The first-order valence-corrected chi connectivity index (χ1v) is 8.20. The smallest absolute Gasteiger partial charge is 0.128 e. The summed E-state index contributed by atoms with van der Waals surface area (Å²) in [7, 11) is 0. The van der Waals surface area contributed by atoms with Crippen LogP contribution in [0.25, 0.3) is 0 Å². The zero-order chi connectivity index (χ0) is 13.9. The van der Waals surface area contributed by atoms with Gasteiger partial charge in [0.05, 0.1) is 6.04 Å². The fraction of sp³-hybridized carbons (Fsp3) is 0.412. The van der Waals surface area contributed by atoms with E-state index < -0.39 is 0 Å². The van der Waals surface area contributed by atoms with Gasteiger partial charge in [-0.15, -0.1) is 11.3 Å². The summed E-state index contributed by atoms with van der Waals surface area (Å²) >= 11 is 1.85. The van der Waals surface area contributed by atoms with Crippen molar-refractivity contribution in [2.45, 2.75) is 38.6 Å². The fourth-order valence-electron chi connectivity index (χ4n) is 2.86. The summed E-state index contributed by atoms with van der Waals surface area (Å²) < 4.78 is 14.1. The van der Waals surface area contributed by atoms with Crippen LogP contribution in [0.2, 0.25) is 0 Å².